The first-order valence-electron chi connectivity index (χ1n) is 3.90. The number of ether oxygens (including phenoxy) is 2. The monoisotopic (exact) mass is 301 g/mol. The zero-order valence-corrected chi connectivity index (χ0v) is 9.29. The molecular formula is C7H13IO5. The van der Waals surface area contributed by atoms with Gasteiger partial charge in [0.05, 0.1) is 6.10 Å². The summed E-state index contributed by atoms with van der Waals surface area (Å²) in [6, 6.07) is 0. The number of halogens is 1. The van der Waals surface area contributed by atoms with Gasteiger partial charge in [0, 0.05) is 11.5 Å². The van der Waals surface area contributed by atoms with Crippen molar-refractivity contribution in [3.05, 3.63) is 0 Å². The van der Waals surface area contributed by atoms with Crippen LogP contribution in [-0.2, 0) is 9.47 Å². The summed E-state index contributed by atoms with van der Waals surface area (Å²) in [5.41, 5.74) is 0. The van der Waals surface area contributed by atoms with Gasteiger partial charge in [-0.25, -0.2) is 0 Å². The Morgan fingerprint density at radius 1 is 1.23 bits per heavy atom. The average Bonchev–Trinajstić information content (AvgIpc) is 2.15. The average molecular weight is 301 g/mol. The lowest BCUT2D eigenvalue weighted by Gasteiger charge is -2.39. The Hall–Kier alpha value is 0.530. The Balaban J connectivity index is 2.66. The van der Waals surface area contributed by atoms with Crippen LogP contribution in [0, 0.1) is 0 Å². The summed E-state index contributed by atoms with van der Waals surface area (Å²) >= 11 is 2.03. The topological polar surface area (TPSA) is 79.2 Å². The number of hydrogen-bond acceptors (Lipinski definition) is 5. The molecule has 0 spiro atoms. The lowest BCUT2D eigenvalue weighted by Crippen LogP contribution is -2.58. The SMILES string of the molecule is COC1O[C@H](C[124I])[C@@H](O)[C@H](O)[C@H]1O. The van der Waals surface area contributed by atoms with E-state index in [1.807, 2.05) is 22.6 Å². The molecule has 0 amide bonds. The highest BCUT2D eigenvalue weighted by atomic mass is 124. The third kappa shape index (κ3) is 2.31. The molecule has 78 valence electrons. The van der Waals surface area contributed by atoms with Crippen molar-refractivity contribution in [1.82, 2.24) is 0 Å². The van der Waals surface area contributed by atoms with Gasteiger partial charge in [0.1, 0.15) is 18.3 Å². The molecule has 5 atom stereocenters. The van der Waals surface area contributed by atoms with E-state index in [0.717, 1.165) is 0 Å². The molecule has 0 radical (unpaired) electrons. The molecule has 0 aromatic heterocycles. The lowest BCUT2D eigenvalue weighted by molar-refractivity contribution is -0.284. The Bertz CT molecular complexity index is 147. The number of rotatable bonds is 2. The molecule has 13 heavy (non-hydrogen) atoms. The first kappa shape index (κ1) is 11.6. The van der Waals surface area contributed by atoms with Crippen LogP contribution >= 0.6 is 22.6 Å². The molecule has 0 aromatic rings. The summed E-state index contributed by atoms with van der Waals surface area (Å²) in [6.07, 6.45) is -4.82. The fourth-order valence-corrected chi connectivity index (χ4v) is 1.97. The van der Waals surface area contributed by atoms with Crippen molar-refractivity contribution >= 4 is 22.6 Å². The van der Waals surface area contributed by atoms with Crippen molar-refractivity contribution in [1.29, 1.82) is 0 Å². The largest absolute Gasteiger partial charge is 0.388 e. The second-order valence-electron chi connectivity index (χ2n) is 2.90. The van der Waals surface area contributed by atoms with Gasteiger partial charge in [0.25, 0.3) is 0 Å². The molecule has 6 heteroatoms. The summed E-state index contributed by atoms with van der Waals surface area (Å²) in [5, 5.41) is 28.2. The molecule has 0 aromatic carbocycles. The van der Waals surface area contributed by atoms with Crippen LogP contribution in [0.5, 0.6) is 0 Å². The van der Waals surface area contributed by atoms with Gasteiger partial charge in [0.15, 0.2) is 6.29 Å². The molecule has 1 unspecified atom stereocenters. The van der Waals surface area contributed by atoms with Crippen LogP contribution in [0.3, 0.4) is 0 Å². The third-order valence-corrected chi connectivity index (χ3v) is 2.92. The maximum absolute atomic E-state index is 9.43. The van der Waals surface area contributed by atoms with Gasteiger partial charge >= 0.3 is 0 Å². The first-order chi connectivity index (χ1) is 6.11. The Morgan fingerprint density at radius 3 is 2.31 bits per heavy atom. The van der Waals surface area contributed by atoms with Crippen molar-refractivity contribution in [2.45, 2.75) is 30.7 Å². The molecule has 1 fully saturated rings. The standard InChI is InChI=1S/C7H13IO5/c1-12-7-6(11)5(10)4(9)3(2-8)13-7/h3-7,9-11H,2H2,1H3/t3-,4-,5+,6-,7?/m1/s1/i8-3. The number of aliphatic hydroxyl groups is 3. The van der Waals surface area contributed by atoms with Gasteiger partial charge in [-0.05, 0) is 0 Å². The summed E-state index contributed by atoms with van der Waals surface area (Å²) in [4.78, 5) is 0. The first-order valence-corrected chi connectivity index (χ1v) is 5.42. The van der Waals surface area contributed by atoms with Gasteiger partial charge in [-0.15, -0.1) is 0 Å². The van der Waals surface area contributed by atoms with Crippen LogP contribution in [0.15, 0.2) is 0 Å². The number of methoxy groups -OCH3 is 1. The summed E-state index contributed by atoms with van der Waals surface area (Å²) < 4.78 is 10.5. The third-order valence-electron chi connectivity index (χ3n) is 2.05. The van der Waals surface area contributed by atoms with E-state index < -0.39 is 30.7 Å². The fourth-order valence-electron chi connectivity index (χ4n) is 1.24. The van der Waals surface area contributed by atoms with E-state index in [2.05, 4.69) is 0 Å². The van der Waals surface area contributed by atoms with E-state index in [9.17, 15) is 15.3 Å². The minimum atomic E-state index is -1.21. The quantitative estimate of drug-likeness (QED) is 0.445. The smallest absolute Gasteiger partial charge is 0.186 e. The van der Waals surface area contributed by atoms with Crippen LogP contribution in [-0.4, -0.2) is 57.6 Å². The van der Waals surface area contributed by atoms with Gasteiger partial charge in [-0.1, -0.05) is 22.6 Å². The fraction of sp³-hybridized carbons (Fsp3) is 1.00. The van der Waals surface area contributed by atoms with Crippen LogP contribution < -0.4 is 0 Å². The van der Waals surface area contributed by atoms with Crippen LogP contribution in [0.25, 0.3) is 0 Å². The van der Waals surface area contributed by atoms with Crippen LogP contribution in [0.4, 0.5) is 0 Å². The number of alkyl halides is 1. The predicted molar refractivity (Wildman–Crippen MR) is 52.6 cm³/mol. The van der Waals surface area contributed by atoms with Gasteiger partial charge in [0.2, 0.25) is 0 Å². The Morgan fingerprint density at radius 2 is 1.85 bits per heavy atom. The highest BCUT2D eigenvalue weighted by Gasteiger charge is 2.43. The van der Waals surface area contributed by atoms with E-state index in [1.54, 1.807) is 0 Å². The van der Waals surface area contributed by atoms with Gasteiger partial charge in [-0.3, -0.25) is 0 Å². The molecule has 5 nitrogen and oxygen atoms in total. The molecule has 1 aliphatic heterocycles. The molecule has 1 saturated heterocycles. The minimum Gasteiger partial charge on any atom is -0.388 e. The zero-order chi connectivity index (χ0) is 10.0. The molecule has 1 heterocycles. The normalized spacial score (nSPS) is 46.4. The molecule has 1 rings (SSSR count). The van der Waals surface area contributed by atoms with Crippen molar-refractivity contribution in [2.75, 3.05) is 11.5 Å². The van der Waals surface area contributed by atoms with E-state index in [0.29, 0.717) is 4.43 Å². The van der Waals surface area contributed by atoms with E-state index in [-0.39, 0.29) is 0 Å². The van der Waals surface area contributed by atoms with Crippen molar-refractivity contribution in [3.63, 3.8) is 0 Å². The highest BCUT2D eigenvalue weighted by molar-refractivity contribution is 14.1. The molecule has 1 aliphatic rings. The minimum absolute atomic E-state index is 0.496. The summed E-state index contributed by atoms with van der Waals surface area (Å²) in [5.74, 6) is 0. The van der Waals surface area contributed by atoms with Crippen molar-refractivity contribution in [3.8, 4) is 0 Å². The van der Waals surface area contributed by atoms with E-state index >= 15 is 0 Å². The number of aliphatic hydroxyl groups excluding tert-OH is 3. The maximum Gasteiger partial charge on any atom is 0.186 e. The van der Waals surface area contributed by atoms with Crippen molar-refractivity contribution < 1.29 is 24.8 Å². The van der Waals surface area contributed by atoms with Crippen molar-refractivity contribution in [2.24, 2.45) is 0 Å². The summed E-state index contributed by atoms with van der Waals surface area (Å²) in [6.45, 7) is 0. The molecule has 3 N–H and O–H groups in total. The molecule has 0 aliphatic carbocycles. The lowest BCUT2D eigenvalue weighted by atomic mass is 10.0. The Kier molecular flexibility index (Phi) is 4.33. The summed E-state index contributed by atoms with van der Waals surface area (Å²) in [7, 11) is 1.38. The zero-order valence-electron chi connectivity index (χ0n) is 7.13. The second-order valence-corrected chi connectivity index (χ2v) is 3.79. The van der Waals surface area contributed by atoms with Crippen LogP contribution in [0.2, 0.25) is 0 Å². The number of hydrogen-bond donors (Lipinski definition) is 3. The maximum atomic E-state index is 9.43. The second kappa shape index (κ2) is 4.85. The van der Waals surface area contributed by atoms with Gasteiger partial charge in [-0.2, -0.15) is 0 Å². The highest BCUT2D eigenvalue weighted by Crippen LogP contribution is 2.22. The van der Waals surface area contributed by atoms with E-state index in [1.165, 1.54) is 7.11 Å². The van der Waals surface area contributed by atoms with E-state index in [4.69, 9.17) is 9.47 Å². The molecular weight excluding hydrogens is 288 g/mol. The van der Waals surface area contributed by atoms with Gasteiger partial charge < -0.3 is 24.8 Å². The molecule has 0 bridgehead atoms. The van der Waals surface area contributed by atoms with Crippen LogP contribution in [0.1, 0.15) is 0 Å². The molecule has 0 saturated carbocycles. The predicted octanol–water partition coefficient (Wildman–Crippen LogP) is -1.12. The Labute approximate surface area is 89.8 Å².